The molecule has 3 heteroatoms. The van der Waals surface area contributed by atoms with Crippen LogP contribution in [0.5, 0.6) is 0 Å². The second kappa shape index (κ2) is 6.70. The minimum atomic E-state index is 0.123. The first-order chi connectivity index (χ1) is 6.77. The van der Waals surface area contributed by atoms with Crippen molar-refractivity contribution in [1.29, 1.82) is 0 Å². The third kappa shape index (κ3) is 4.67. The molecule has 2 nitrogen and oxygen atoms in total. The zero-order valence-electron chi connectivity index (χ0n) is 9.47. The van der Waals surface area contributed by atoms with Gasteiger partial charge in [-0.1, -0.05) is 6.92 Å². The number of rotatable bonds is 7. The first-order valence-electron chi connectivity index (χ1n) is 5.69. The van der Waals surface area contributed by atoms with Crippen LogP contribution in [0.2, 0.25) is 0 Å². The molecule has 1 N–H and O–H groups in total. The second-order valence-corrected chi connectivity index (χ2v) is 5.52. The maximum atomic E-state index is 5.70. The fourth-order valence-electron chi connectivity index (χ4n) is 1.77. The van der Waals surface area contributed by atoms with E-state index in [1.54, 1.807) is 0 Å². The lowest BCUT2D eigenvalue weighted by Crippen LogP contribution is -2.37. The molecule has 1 saturated heterocycles. The van der Waals surface area contributed by atoms with E-state index in [0.717, 1.165) is 19.7 Å². The van der Waals surface area contributed by atoms with Gasteiger partial charge in [0.15, 0.2) is 0 Å². The Morgan fingerprint density at radius 1 is 1.50 bits per heavy atom. The number of thioether (sulfide) groups is 1. The Hall–Kier alpha value is 0.270. The molecule has 0 spiro atoms. The Bertz CT molecular complexity index is 146. The Kier molecular flexibility index (Phi) is 5.90. The van der Waals surface area contributed by atoms with E-state index in [2.05, 4.69) is 19.2 Å². The van der Waals surface area contributed by atoms with Gasteiger partial charge in [0.1, 0.15) is 0 Å². The predicted molar refractivity (Wildman–Crippen MR) is 64.1 cm³/mol. The first-order valence-corrected chi connectivity index (χ1v) is 6.85. The van der Waals surface area contributed by atoms with Gasteiger partial charge < -0.3 is 10.1 Å². The van der Waals surface area contributed by atoms with Gasteiger partial charge in [-0.25, -0.2) is 0 Å². The molecule has 0 saturated carbocycles. The van der Waals surface area contributed by atoms with Crippen LogP contribution < -0.4 is 5.32 Å². The molecule has 1 atom stereocenters. The van der Waals surface area contributed by atoms with Gasteiger partial charge in [-0.15, -0.1) is 0 Å². The van der Waals surface area contributed by atoms with Crippen LogP contribution in [0.15, 0.2) is 0 Å². The molecule has 0 aromatic rings. The van der Waals surface area contributed by atoms with Crippen molar-refractivity contribution in [3.05, 3.63) is 0 Å². The van der Waals surface area contributed by atoms with Crippen LogP contribution in [-0.4, -0.2) is 36.8 Å². The highest BCUT2D eigenvalue weighted by atomic mass is 32.2. The standard InChI is InChI=1S/C11H23NOS/c1-3-14-9-5-7-12-10-11(2)6-4-8-13-11/h12H,3-10H2,1-2H3. The van der Waals surface area contributed by atoms with Crippen LogP contribution in [0.25, 0.3) is 0 Å². The largest absolute Gasteiger partial charge is 0.374 e. The average molecular weight is 217 g/mol. The molecule has 1 aliphatic heterocycles. The number of hydrogen-bond acceptors (Lipinski definition) is 3. The molecule has 84 valence electrons. The SMILES string of the molecule is CCSCCCNCC1(C)CCCO1. The summed E-state index contributed by atoms with van der Waals surface area (Å²) in [5.41, 5.74) is 0.123. The molecule has 0 radical (unpaired) electrons. The second-order valence-electron chi connectivity index (χ2n) is 4.13. The lowest BCUT2D eigenvalue weighted by Gasteiger charge is -2.23. The van der Waals surface area contributed by atoms with Crippen LogP contribution in [-0.2, 0) is 4.74 Å². The monoisotopic (exact) mass is 217 g/mol. The molecule has 0 bridgehead atoms. The third-order valence-corrected chi connectivity index (χ3v) is 3.63. The fourth-order valence-corrected chi connectivity index (χ4v) is 2.41. The van der Waals surface area contributed by atoms with Gasteiger partial charge >= 0.3 is 0 Å². The fraction of sp³-hybridized carbons (Fsp3) is 1.00. The molecule has 1 heterocycles. The van der Waals surface area contributed by atoms with Gasteiger partial charge in [0, 0.05) is 13.2 Å². The van der Waals surface area contributed by atoms with Crippen molar-refractivity contribution in [1.82, 2.24) is 5.32 Å². The summed E-state index contributed by atoms with van der Waals surface area (Å²) in [7, 11) is 0. The highest BCUT2D eigenvalue weighted by Gasteiger charge is 2.28. The summed E-state index contributed by atoms with van der Waals surface area (Å²) in [5, 5.41) is 3.49. The van der Waals surface area contributed by atoms with E-state index >= 15 is 0 Å². The van der Waals surface area contributed by atoms with Gasteiger partial charge in [-0.2, -0.15) is 11.8 Å². The Labute approximate surface area is 92.2 Å². The topological polar surface area (TPSA) is 21.3 Å². The Morgan fingerprint density at radius 3 is 3.00 bits per heavy atom. The molecular weight excluding hydrogens is 194 g/mol. The molecule has 0 amide bonds. The van der Waals surface area contributed by atoms with Crippen LogP contribution in [0, 0.1) is 0 Å². The van der Waals surface area contributed by atoms with E-state index in [-0.39, 0.29) is 5.60 Å². The molecule has 0 aromatic heterocycles. The van der Waals surface area contributed by atoms with Crippen molar-refractivity contribution >= 4 is 11.8 Å². The highest BCUT2D eigenvalue weighted by molar-refractivity contribution is 7.99. The van der Waals surface area contributed by atoms with E-state index < -0.39 is 0 Å². The Balaban J connectivity index is 1.92. The zero-order chi connectivity index (χ0) is 10.3. The maximum Gasteiger partial charge on any atom is 0.0779 e. The molecule has 14 heavy (non-hydrogen) atoms. The molecule has 0 aliphatic carbocycles. The minimum absolute atomic E-state index is 0.123. The molecular formula is C11H23NOS. The van der Waals surface area contributed by atoms with Crippen LogP contribution in [0.4, 0.5) is 0 Å². The minimum Gasteiger partial charge on any atom is -0.374 e. The summed E-state index contributed by atoms with van der Waals surface area (Å²) in [5.74, 6) is 2.52. The number of ether oxygens (including phenoxy) is 1. The zero-order valence-corrected chi connectivity index (χ0v) is 10.3. The van der Waals surface area contributed by atoms with Crippen LogP contribution >= 0.6 is 11.8 Å². The molecule has 0 aromatic carbocycles. The normalized spacial score (nSPS) is 27.0. The molecule has 1 fully saturated rings. The van der Waals surface area contributed by atoms with Crippen molar-refractivity contribution in [2.45, 2.75) is 38.7 Å². The third-order valence-electron chi connectivity index (χ3n) is 2.65. The number of nitrogens with one attached hydrogen (secondary N) is 1. The van der Waals surface area contributed by atoms with Gasteiger partial charge in [-0.05, 0) is 44.2 Å². The van der Waals surface area contributed by atoms with Gasteiger partial charge in [0.05, 0.1) is 5.60 Å². The summed E-state index contributed by atoms with van der Waals surface area (Å²) in [6, 6.07) is 0. The van der Waals surface area contributed by atoms with Crippen LogP contribution in [0.3, 0.4) is 0 Å². The van der Waals surface area contributed by atoms with E-state index in [1.807, 2.05) is 11.8 Å². The summed E-state index contributed by atoms with van der Waals surface area (Å²) < 4.78 is 5.70. The maximum absolute atomic E-state index is 5.70. The Morgan fingerprint density at radius 2 is 2.36 bits per heavy atom. The van der Waals surface area contributed by atoms with E-state index in [0.29, 0.717) is 0 Å². The van der Waals surface area contributed by atoms with Gasteiger partial charge in [-0.3, -0.25) is 0 Å². The lowest BCUT2D eigenvalue weighted by atomic mass is 10.0. The number of hydrogen-bond donors (Lipinski definition) is 1. The summed E-state index contributed by atoms with van der Waals surface area (Å²) >= 11 is 2.02. The summed E-state index contributed by atoms with van der Waals surface area (Å²) in [6.07, 6.45) is 3.71. The van der Waals surface area contributed by atoms with Crippen molar-refractivity contribution in [3.8, 4) is 0 Å². The van der Waals surface area contributed by atoms with Crippen molar-refractivity contribution in [3.63, 3.8) is 0 Å². The highest BCUT2D eigenvalue weighted by Crippen LogP contribution is 2.23. The smallest absolute Gasteiger partial charge is 0.0779 e. The summed E-state index contributed by atoms with van der Waals surface area (Å²) in [4.78, 5) is 0. The van der Waals surface area contributed by atoms with Crippen molar-refractivity contribution in [2.75, 3.05) is 31.2 Å². The average Bonchev–Trinajstić information content (AvgIpc) is 2.59. The van der Waals surface area contributed by atoms with Crippen molar-refractivity contribution in [2.24, 2.45) is 0 Å². The quantitative estimate of drug-likeness (QED) is 0.661. The van der Waals surface area contributed by atoms with E-state index in [1.165, 1.54) is 30.8 Å². The predicted octanol–water partition coefficient (Wildman–Crippen LogP) is 2.29. The van der Waals surface area contributed by atoms with Crippen molar-refractivity contribution < 1.29 is 4.74 Å². The van der Waals surface area contributed by atoms with Gasteiger partial charge in [0.25, 0.3) is 0 Å². The van der Waals surface area contributed by atoms with E-state index in [9.17, 15) is 0 Å². The first kappa shape index (κ1) is 12.3. The van der Waals surface area contributed by atoms with E-state index in [4.69, 9.17) is 4.74 Å². The molecule has 1 aliphatic rings. The van der Waals surface area contributed by atoms with Gasteiger partial charge in [0.2, 0.25) is 0 Å². The lowest BCUT2D eigenvalue weighted by molar-refractivity contribution is 0.0211. The van der Waals surface area contributed by atoms with Crippen LogP contribution in [0.1, 0.15) is 33.1 Å². The summed E-state index contributed by atoms with van der Waals surface area (Å²) in [6.45, 7) is 7.53. The molecule has 1 rings (SSSR count). The molecule has 1 unspecified atom stereocenters.